The Bertz CT molecular complexity index is 540. The molecule has 0 unspecified atom stereocenters. The zero-order chi connectivity index (χ0) is 15.7. The van der Waals surface area contributed by atoms with Crippen LogP contribution < -0.4 is 5.32 Å². The minimum atomic E-state index is -4.60. The van der Waals surface area contributed by atoms with Crippen molar-refractivity contribution < 1.29 is 22.7 Å². The van der Waals surface area contributed by atoms with E-state index in [9.17, 15) is 18.0 Å². The van der Waals surface area contributed by atoms with E-state index in [1.807, 2.05) is 6.92 Å². The summed E-state index contributed by atoms with van der Waals surface area (Å²) in [4.78, 5) is 14.8. The molecule has 0 bridgehead atoms. The van der Waals surface area contributed by atoms with Crippen LogP contribution in [0.3, 0.4) is 0 Å². The van der Waals surface area contributed by atoms with Crippen molar-refractivity contribution >= 4 is 5.97 Å². The number of carbonyl (C=O) groups is 1. The van der Waals surface area contributed by atoms with Gasteiger partial charge in [0.15, 0.2) is 0 Å². The van der Waals surface area contributed by atoms with Crippen molar-refractivity contribution in [3.8, 4) is 0 Å². The fourth-order valence-electron chi connectivity index (χ4n) is 2.24. The molecule has 7 heteroatoms. The van der Waals surface area contributed by atoms with Crippen LogP contribution in [0.5, 0.6) is 0 Å². The van der Waals surface area contributed by atoms with Crippen LogP contribution in [0, 0.1) is 0 Å². The smallest absolute Gasteiger partial charge is 0.433 e. The summed E-state index contributed by atoms with van der Waals surface area (Å²) < 4.78 is 42.9. The van der Waals surface area contributed by atoms with E-state index in [-0.39, 0.29) is 17.8 Å². The van der Waals surface area contributed by atoms with Gasteiger partial charge < -0.3 is 10.1 Å². The molecule has 4 nitrogen and oxygen atoms in total. The zero-order valence-corrected chi connectivity index (χ0v) is 11.9. The zero-order valence-electron chi connectivity index (χ0n) is 11.9. The topological polar surface area (TPSA) is 51.2 Å². The standard InChI is InChI=1S/C14H17F3N2O2/c1-13(4-3-5-13)18-8-9-6-10(12(20)21-2)19-11(7-9)14(15,16)17/h6-7,18H,3-5,8H2,1-2H3. The molecule has 1 saturated carbocycles. The molecule has 1 heterocycles. The Balaban J connectivity index is 2.24. The van der Waals surface area contributed by atoms with Crippen LogP contribution in [-0.4, -0.2) is 23.6 Å². The molecule has 21 heavy (non-hydrogen) atoms. The highest BCUT2D eigenvalue weighted by Gasteiger charge is 2.35. The first-order valence-corrected chi connectivity index (χ1v) is 6.65. The first-order valence-electron chi connectivity index (χ1n) is 6.65. The van der Waals surface area contributed by atoms with E-state index in [0.29, 0.717) is 5.56 Å². The van der Waals surface area contributed by atoms with Crippen LogP contribution in [0.1, 0.15) is 47.9 Å². The van der Waals surface area contributed by atoms with E-state index in [1.165, 1.54) is 6.07 Å². The molecule has 1 aromatic heterocycles. The van der Waals surface area contributed by atoms with Crippen molar-refractivity contribution in [3.63, 3.8) is 0 Å². The number of ether oxygens (including phenoxy) is 1. The first-order chi connectivity index (χ1) is 9.73. The second-order valence-corrected chi connectivity index (χ2v) is 5.50. The summed E-state index contributed by atoms with van der Waals surface area (Å²) in [5.41, 5.74) is -1.08. The first kappa shape index (κ1) is 15.8. The number of hydrogen-bond donors (Lipinski definition) is 1. The molecule has 0 aliphatic heterocycles. The summed E-state index contributed by atoms with van der Waals surface area (Å²) in [5, 5.41) is 3.23. The number of rotatable bonds is 4. The lowest BCUT2D eigenvalue weighted by atomic mass is 9.78. The van der Waals surface area contributed by atoms with Gasteiger partial charge in [-0.05, 0) is 43.9 Å². The van der Waals surface area contributed by atoms with Crippen LogP contribution in [0.25, 0.3) is 0 Å². The van der Waals surface area contributed by atoms with Gasteiger partial charge in [-0.3, -0.25) is 0 Å². The predicted octanol–water partition coefficient (Wildman–Crippen LogP) is 2.92. The fourth-order valence-corrected chi connectivity index (χ4v) is 2.24. The molecule has 1 aliphatic carbocycles. The average Bonchev–Trinajstić information content (AvgIpc) is 2.40. The molecule has 0 amide bonds. The lowest BCUT2D eigenvalue weighted by Crippen LogP contribution is -2.47. The molecule has 1 fully saturated rings. The number of nitrogens with zero attached hydrogens (tertiary/aromatic N) is 1. The molecular weight excluding hydrogens is 285 g/mol. The molecule has 0 atom stereocenters. The van der Waals surface area contributed by atoms with E-state index in [2.05, 4.69) is 15.0 Å². The van der Waals surface area contributed by atoms with E-state index in [1.54, 1.807) is 0 Å². The van der Waals surface area contributed by atoms with E-state index in [4.69, 9.17) is 0 Å². The maximum absolute atomic E-state index is 12.8. The van der Waals surface area contributed by atoms with Gasteiger partial charge in [-0.1, -0.05) is 0 Å². The van der Waals surface area contributed by atoms with E-state index < -0.39 is 17.8 Å². The number of nitrogens with one attached hydrogen (secondary N) is 1. The van der Waals surface area contributed by atoms with Crippen LogP contribution in [0.2, 0.25) is 0 Å². The molecule has 1 N–H and O–H groups in total. The third-order valence-electron chi connectivity index (χ3n) is 3.75. The van der Waals surface area contributed by atoms with Crippen LogP contribution >= 0.6 is 0 Å². The molecule has 116 valence electrons. The summed E-state index contributed by atoms with van der Waals surface area (Å²) >= 11 is 0. The molecule has 1 aromatic rings. The molecule has 0 saturated heterocycles. The number of esters is 1. The molecule has 1 aliphatic rings. The Morgan fingerprint density at radius 3 is 2.57 bits per heavy atom. The number of hydrogen-bond acceptors (Lipinski definition) is 4. The van der Waals surface area contributed by atoms with E-state index >= 15 is 0 Å². The highest BCUT2D eigenvalue weighted by molar-refractivity contribution is 5.87. The number of methoxy groups -OCH3 is 1. The lowest BCUT2D eigenvalue weighted by Gasteiger charge is -2.39. The molecule has 2 rings (SSSR count). The molecule has 0 aromatic carbocycles. The average molecular weight is 302 g/mol. The van der Waals surface area contributed by atoms with Crippen molar-refractivity contribution in [2.24, 2.45) is 0 Å². The number of carbonyl (C=O) groups excluding carboxylic acids is 1. The van der Waals surface area contributed by atoms with Crippen LogP contribution in [0.4, 0.5) is 13.2 Å². The van der Waals surface area contributed by atoms with Crippen LogP contribution in [0.15, 0.2) is 12.1 Å². The van der Waals surface area contributed by atoms with Gasteiger partial charge in [0.1, 0.15) is 11.4 Å². The van der Waals surface area contributed by atoms with Gasteiger partial charge in [0.2, 0.25) is 0 Å². The number of alkyl halides is 3. The summed E-state index contributed by atoms with van der Waals surface area (Å²) in [6.45, 7) is 2.29. The van der Waals surface area contributed by atoms with Gasteiger partial charge >= 0.3 is 12.1 Å². The number of halogens is 3. The lowest BCUT2D eigenvalue weighted by molar-refractivity contribution is -0.141. The summed E-state index contributed by atoms with van der Waals surface area (Å²) in [7, 11) is 1.11. The number of pyridine rings is 1. The van der Waals surface area contributed by atoms with Crippen molar-refractivity contribution in [1.82, 2.24) is 10.3 Å². The van der Waals surface area contributed by atoms with E-state index in [0.717, 1.165) is 32.4 Å². The quantitative estimate of drug-likeness (QED) is 0.869. The second-order valence-electron chi connectivity index (χ2n) is 5.50. The summed E-state index contributed by atoms with van der Waals surface area (Å²) in [5.74, 6) is -0.878. The van der Waals surface area contributed by atoms with Gasteiger partial charge in [0.05, 0.1) is 7.11 Å². The van der Waals surface area contributed by atoms with Crippen LogP contribution in [-0.2, 0) is 17.5 Å². The minimum absolute atomic E-state index is 0.0346. The maximum Gasteiger partial charge on any atom is 0.433 e. The molecule has 0 radical (unpaired) electrons. The van der Waals surface area contributed by atoms with Gasteiger partial charge in [-0.25, -0.2) is 9.78 Å². The normalized spacial score (nSPS) is 17.2. The van der Waals surface area contributed by atoms with Crippen molar-refractivity contribution in [3.05, 3.63) is 29.1 Å². The highest BCUT2D eigenvalue weighted by atomic mass is 19.4. The third-order valence-corrected chi connectivity index (χ3v) is 3.75. The Morgan fingerprint density at radius 1 is 1.43 bits per heavy atom. The van der Waals surface area contributed by atoms with Crippen molar-refractivity contribution in [2.75, 3.05) is 7.11 Å². The molecular formula is C14H17F3N2O2. The fraction of sp³-hybridized carbons (Fsp3) is 0.571. The van der Waals surface area contributed by atoms with Crippen molar-refractivity contribution in [1.29, 1.82) is 0 Å². The summed E-state index contributed by atoms with van der Waals surface area (Å²) in [6, 6.07) is 2.29. The Hall–Kier alpha value is -1.63. The molecule has 0 spiro atoms. The highest BCUT2D eigenvalue weighted by Crippen LogP contribution is 2.32. The van der Waals surface area contributed by atoms with Gasteiger partial charge in [0.25, 0.3) is 0 Å². The van der Waals surface area contributed by atoms with Crippen molar-refractivity contribution in [2.45, 2.75) is 44.4 Å². The number of aromatic nitrogens is 1. The Labute approximate surface area is 120 Å². The van der Waals surface area contributed by atoms with Gasteiger partial charge in [0, 0.05) is 12.1 Å². The SMILES string of the molecule is COC(=O)c1cc(CNC2(C)CCC2)cc(C(F)(F)F)n1. The second kappa shape index (κ2) is 5.63. The Kier molecular flexibility index (Phi) is 4.22. The summed E-state index contributed by atoms with van der Waals surface area (Å²) in [6.07, 6.45) is -1.50. The van der Waals surface area contributed by atoms with Gasteiger partial charge in [-0.15, -0.1) is 0 Å². The largest absolute Gasteiger partial charge is 0.464 e. The maximum atomic E-state index is 12.8. The minimum Gasteiger partial charge on any atom is -0.464 e. The monoisotopic (exact) mass is 302 g/mol. The van der Waals surface area contributed by atoms with Gasteiger partial charge in [-0.2, -0.15) is 13.2 Å². The predicted molar refractivity (Wildman–Crippen MR) is 69.7 cm³/mol. The Morgan fingerprint density at radius 2 is 2.10 bits per heavy atom. The third kappa shape index (κ3) is 3.72.